The van der Waals surface area contributed by atoms with Gasteiger partial charge in [0.1, 0.15) is 22.3 Å². The van der Waals surface area contributed by atoms with Crippen molar-refractivity contribution in [3.05, 3.63) is 152 Å². The summed E-state index contributed by atoms with van der Waals surface area (Å²) < 4.78 is 12.9. The fourth-order valence-electron chi connectivity index (χ4n) is 6.90. The second-order valence-electron chi connectivity index (χ2n) is 12.0. The van der Waals surface area contributed by atoms with E-state index in [1.165, 1.54) is 0 Å². The van der Waals surface area contributed by atoms with E-state index >= 15 is 0 Å². The van der Waals surface area contributed by atoms with Crippen molar-refractivity contribution in [1.29, 1.82) is 0 Å². The van der Waals surface area contributed by atoms with Crippen LogP contribution in [0.15, 0.2) is 160 Å². The van der Waals surface area contributed by atoms with E-state index in [2.05, 4.69) is 72.8 Å². The fourth-order valence-corrected chi connectivity index (χ4v) is 6.90. The maximum absolute atomic E-state index is 6.46. The number of nitrogens with zero attached hydrogens (tertiary/aromatic N) is 3. The molecule has 224 valence electrons. The predicted octanol–water partition coefficient (Wildman–Crippen LogP) is 11.5. The molecule has 7 aromatic carbocycles. The highest BCUT2D eigenvalue weighted by atomic mass is 16.3. The summed E-state index contributed by atoms with van der Waals surface area (Å²) >= 11 is 0. The number of benzene rings is 7. The van der Waals surface area contributed by atoms with Gasteiger partial charge in [0.05, 0.1) is 0 Å². The van der Waals surface area contributed by atoms with Crippen molar-refractivity contribution in [3.63, 3.8) is 0 Å². The van der Waals surface area contributed by atoms with Gasteiger partial charge < -0.3 is 8.83 Å². The van der Waals surface area contributed by atoms with E-state index < -0.39 is 0 Å². The Labute approximate surface area is 274 Å². The van der Waals surface area contributed by atoms with Crippen LogP contribution in [0.5, 0.6) is 0 Å². The van der Waals surface area contributed by atoms with E-state index in [1.807, 2.05) is 78.9 Å². The van der Waals surface area contributed by atoms with Gasteiger partial charge in [0.25, 0.3) is 0 Å². The Morgan fingerprint density at radius 3 is 1.83 bits per heavy atom. The van der Waals surface area contributed by atoms with Crippen molar-refractivity contribution in [2.24, 2.45) is 0 Å². The number of hydrogen-bond donors (Lipinski definition) is 0. The van der Waals surface area contributed by atoms with Gasteiger partial charge in [0, 0.05) is 43.8 Å². The second kappa shape index (κ2) is 10.5. The Morgan fingerprint density at radius 2 is 0.958 bits per heavy atom. The molecule has 48 heavy (non-hydrogen) atoms. The first-order chi connectivity index (χ1) is 23.8. The van der Waals surface area contributed by atoms with Crippen LogP contribution in [-0.4, -0.2) is 15.0 Å². The summed E-state index contributed by atoms with van der Waals surface area (Å²) in [6, 6.07) is 51.5. The Balaban J connectivity index is 1.24. The molecule has 0 fully saturated rings. The van der Waals surface area contributed by atoms with Crippen LogP contribution in [0, 0.1) is 0 Å². The summed E-state index contributed by atoms with van der Waals surface area (Å²) in [6.07, 6.45) is 0. The lowest BCUT2D eigenvalue weighted by Gasteiger charge is -2.12. The van der Waals surface area contributed by atoms with Crippen molar-refractivity contribution < 1.29 is 8.83 Å². The molecule has 0 spiro atoms. The average molecular weight is 616 g/mol. The molecule has 0 radical (unpaired) electrons. The lowest BCUT2D eigenvalue weighted by molar-refractivity contribution is 0.669. The summed E-state index contributed by atoms with van der Waals surface area (Å²) in [5.41, 5.74) is 7.98. The molecule has 5 nitrogen and oxygen atoms in total. The van der Waals surface area contributed by atoms with Crippen LogP contribution in [0.4, 0.5) is 0 Å². The van der Waals surface area contributed by atoms with Gasteiger partial charge in [0.15, 0.2) is 17.5 Å². The van der Waals surface area contributed by atoms with Gasteiger partial charge in [-0.3, -0.25) is 0 Å². The first kappa shape index (κ1) is 26.6. The third kappa shape index (κ3) is 4.15. The number of aromatic nitrogens is 3. The summed E-state index contributed by atoms with van der Waals surface area (Å²) in [7, 11) is 0. The van der Waals surface area contributed by atoms with Crippen LogP contribution in [0.1, 0.15) is 0 Å². The normalized spacial score (nSPS) is 11.8. The quantitative estimate of drug-likeness (QED) is 0.197. The molecule has 5 heteroatoms. The molecule has 10 aromatic rings. The highest BCUT2D eigenvalue weighted by Gasteiger charge is 2.21. The molecule has 0 amide bonds. The molecule has 0 saturated carbocycles. The Morgan fingerprint density at radius 1 is 0.354 bits per heavy atom. The third-order valence-electron chi connectivity index (χ3n) is 9.13. The van der Waals surface area contributed by atoms with Crippen LogP contribution in [-0.2, 0) is 0 Å². The molecule has 0 unspecified atom stereocenters. The van der Waals surface area contributed by atoms with E-state index in [9.17, 15) is 0 Å². The van der Waals surface area contributed by atoms with E-state index in [0.717, 1.165) is 82.5 Å². The predicted molar refractivity (Wildman–Crippen MR) is 194 cm³/mol. The fraction of sp³-hybridized carbons (Fsp3) is 0. The number of para-hydroxylation sites is 2. The van der Waals surface area contributed by atoms with Gasteiger partial charge >= 0.3 is 0 Å². The van der Waals surface area contributed by atoms with Crippen molar-refractivity contribution in [3.8, 4) is 45.3 Å². The first-order valence-electron chi connectivity index (χ1n) is 15.9. The summed E-state index contributed by atoms with van der Waals surface area (Å²) in [5, 5.41) is 6.46. The highest BCUT2D eigenvalue weighted by molar-refractivity contribution is 6.15. The summed E-state index contributed by atoms with van der Waals surface area (Å²) in [6.45, 7) is 0. The molecule has 3 aromatic heterocycles. The molecule has 0 aliphatic heterocycles. The lowest BCUT2D eigenvalue weighted by Crippen LogP contribution is -2.01. The molecule has 0 aliphatic carbocycles. The molecule has 0 atom stereocenters. The van der Waals surface area contributed by atoms with Gasteiger partial charge in [-0.1, -0.05) is 127 Å². The van der Waals surface area contributed by atoms with Crippen molar-refractivity contribution >= 4 is 54.6 Å². The van der Waals surface area contributed by atoms with Crippen molar-refractivity contribution in [2.45, 2.75) is 0 Å². The van der Waals surface area contributed by atoms with Gasteiger partial charge in [0.2, 0.25) is 0 Å². The van der Waals surface area contributed by atoms with E-state index in [-0.39, 0.29) is 0 Å². The lowest BCUT2D eigenvalue weighted by atomic mass is 9.97. The topological polar surface area (TPSA) is 65.0 Å². The molecule has 0 aliphatic rings. The van der Waals surface area contributed by atoms with Crippen molar-refractivity contribution in [2.75, 3.05) is 0 Å². The van der Waals surface area contributed by atoms with Gasteiger partial charge in [-0.2, -0.15) is 0 Å². The van der Waals surface area contributed by atoms with Crippen molar-refractivity contribution in [1.82, 2.24) is 15.0 Å². The molecule has 10 rings (SSSR count). The summed E-state index contributed by atoms with van der Waals surface area (Å²) in [4.78, 5) is 15.4. The zero-order valence-electron chi connectivity index (χ0n) is 25.6. The minimum atomic E-state index is 0.581. The maximum Gasteiger partial charge on any atom is 0.164 e. The third-order valence-corrected chi connectivity index (χ3v) is 9.13. The Bertz CT molecular complexity index is 2850. The number of furan rings is 2. The van der Waals surface area contributed by atoms with Gasteiger partial charge in [-0.05, 0) is 40.6 Å². The van der Waals surface area contributed by atoms with Crippen LogP contribution < -0.4 is 0 Å². The number of fused-ring (bicyclic) bond motifs is 7. The monoisotopic (exact) mass is 615 g/mol. The SMILES string of the molecule is c1ccc(-c2nc(-c3ccccc3-c3cccc4c3oc3ccccc34)nc(-c3cccc4oc5cc6ccccc6cc5c34)n2)cc1. The molecule has 3 heterocycles. The Hall–Kier alpha value is -6.59. The van der Waals surface area contributed by atoms with Crippen LogP contribution in [0.2, 0.25) is 0 Å². The average Bonchev–Trinajstić information content (AvgIpc) is 3.72. The van der Waals surface area contributed by atoms with Gasteiger partial charge in [-0.25, -0.2) is 15.0 Å². The zero-order chi connectivity index (χ0) is 31.6. The smallest absolute Gasteiger partial charge is 0.164 e. The molecule has 0 N–H and O–H groups in total. The van der Waals surface area contributed by atoms with Crippen LogP contribution in [0.3, 0.4) is 0 Å². The maximum atomic E-state index is 6.46. The number of hydrogen-bond acceptors (Lipinski definition) is 5. The van der Waals surface area contributed by atoms with Crippen LogP contribution >= 0.6 is 0 Å². The molecular weight excluding hydrogens is 590 g/mol. The van der Waals surface area contributed by atoms with Gasteiger partial charge in [-0.15, -0.1) is 0 Å². The minimum absolute atomic E-state index is 0.581. The Kier molecular flexibility index (Phi) is 5.81. The van der Waals surface area contributed by atoms with E-state index in [1.54, 1.807) is 0 Å². The minimum Gasteiger partial charge on any atom is -0.456 e. The standard InChI is InChI=1S/C43H25N3O2/c1-2-12-26(13-3-1)41-44-42(33-18-7-6-16-29(33)31-19-10-20-32-30-17-8-9-22-36(30)48-40(31)32)46-43(45-41)34-21-11-23-37-39(34)35-24-27-14-4-5-15-28(27)25-38(35)47-37/h1-25H. The second-order valence-corrected chi connectivity index (χ2v) is 12.0. The number of rotatable bonds is 4. The summed E-state index contributed by atoms with van der Waals surface area (Å²) in [5.74, 6) is 1.76. The molecule has 0 saturated heterocycles. The zero-order valence-corrected chi connectivity index (χ0v) is 25.6. The largest absolute Gasteiger partial charge is 0.456 e. The molecule has 0 bridgehead atoms. The van der Waals surface area contributed by atoms with Crippen LogP contribution in [0.25, 0.3) is 99.9 Å². The highest BCUT2D eigenvalue weighted by Crippen LogP contribution is 2.41. The first-order valence-corrected chi connectivity index (χ1v) is 15.9. The molecular formula is C43H25N3O2. The van der Waals surface area contributed by atoms with E-state index in [0.29, 0.717) is 17.5 Å². The van der Waals surface area contributed by atoms with E-state index in [4.69, 9.17) is 23.8 Å².